The molecule has 3 N–H and O–H groups in total. The first-order valence-electron chi connectivity index (χ1n) is 6.40. The smallest absolute Gasteiger partial charge is 0.151 e. The zero-order chi connectivity index (χ0) is 13.3. The molecule has 1 aliphatic heterocycles. The monoisotopic (exact) mass is 254 g/mol. The fraction of sp³-hybridized carbons (Fsp3) is 0.750. The Kier molecular flexibility index (Phi) is 3.77. The Morgan fingerprint density at radius 1 is 1.56 bits per heavy atom. The summed E-state index contributed by atoms with van der Waals surface area (Å²) >= 11 is 0. The van der Waals surface area contributed by atoms with Crippen molar-refractivity contribution in [2.45, 2.75) is 39.5 Å². The number of hydrogen-bond donors (Lipinski definition) is 2. The molecule has 0 saturated carbocycles. The van der Waals surface area contributed by atoms with Crippen LogP contribution in [0.15, 0.2) is 0 Å². The molecule has 0 radical (unpaired) electrons. The Morgan fingerprint density at radius 3 is 2.89 bits per heavy atom. The van der Waals surface area contributed by atoms with Crippen molar-refractivity contribution in [3.8, 4) is 0 Å². The van der Waals surface area contributed by atoms with Crippen molar-refractivity contribution >= 4 is 11.5 Å². The standard InChI is InChI=1S/C12H22N4O2/c1-4-16-12(11(13)9(3)14-16)15-5-10(6-17)18-7-8(15)2/h8,10,17H,4-7,13H2,1-3H3. The molecule has 2 rings (SSSR count). The molecule has 1 fully saturated rings. The van der Waals surface area contributed by atoms with Gasteiger partial charge in [-0.2, -0.15) is 5.10 Å². The molecule has 6 nitrogen and oxygen atoms in total. The van der Waals surface area contributed by atoms with E-state index in [2.05, 4.69) is 16.9 Å². The van der Waals surface area contributed by atoms with Crippen LogP contribution in [0.2, 0.25) is 0 Å². The highest BCUT2D eigenvalue weighted by atomic mass is 16.5. The van der Waals surface area contributed by atoms with Crippen molar-refractivity contribution in [2.24, 2.45) is 0 Å². The number of aryl methyl sites for hydroxylation is 2. The first-order valence-corrected chi connectivity index (χ1v) is 6.40. The predicted molar refractivity (Wildman–Crippen MR) is 70.7 cm³/mol. The summed E-state index contributed by atoms with van der Waals surface area (Å²) in [7, 11) is 0. The van der Waals surface area contributed by atoms with Crippen LogP contribution in [0, 0.1) is 6.92 Å². The first-order chi connectivity index (χ1) is 8.58. The maximum Gasteiger partial charge on any atom is 0.151 e. The van der Waals surface area contributed by atoms with Crippen molar-refractivity contribution in [1.82, 2.24) is 9.78 Å². The maximum absolute atomic E-state index is 9.24. The molecule has 1 aromatic rings. The van der Waals surface area contributed by atoms with Crippen LogP contribution < -0.4 is 10.6 Å². The molecule has 1 saturated heterocycles. The van der Waals surface area contributed by atoms with Crippen LogP contribution >= 0.6 is 0 Å². The molecule has 2 heterocycles. The number of ether oxygens (including phenoxy) is 1. The maximum atomic E-state index is 9.24. The second kappa shape index (κ2) is 5.16. The summed E-state index contributed by atoms with van der Waals surface area (Å²) in [6, 6.07) is 0.233. The van der Waals surface area contributed by atoms with E-state index in [1.54, 1.807) is 0 Å². The van der Waals surface area contributed by atoms with Crippen LogP contribution in [-0.2, 0) is 11.3 Å². The van der Waals surface area contributed by atoms with Gasteiger partial charge in [0.2, 0.25) is 0 Å². The normalized spacial score (nSPS) is 24.6. The predicted octanol–water partition coefficient (Wildman–Crippen LogP) is 0.380. The van der Waals surface area contributed by atoms with E-state index in [9.17, 15) is 5.11 Å². The lowest BCUT2D eigenvalue weighted by Gasteiger charge is -2.39. The molecule has 0 aliphatic carbocycles. The summed E-state index contributed by atoms with van der Waals surface area (Å²) in [6.07, 6.45) is -0.152. The third-order valence-electron chi connectivity index (χ3n) is 3.43. The number of aliphatic hydroxyl groups is 1. The third-order valence-corrected chi connectivity index (χ3v) is 3.43. The Labute approximate surface area is 107 Å². The SMILES string of the molecule is CCn1nc(C)c(N)c1N1CC(CO)OCC1C. The van der Waals surface area contributed by atoms with Gasteiger partial charge in [-0.1, -0.05) is 0 Å². The number of aromatic nitrogens is 2. The Hall–Kier alpha value is -1.27. The number of nitrogen functional groups attached to an aromatic ring is 1. The zero-order valence-corrected chi connectivity index (χ0v) is 11.3. The van der Waals surface area contributed by atoms with Gasteiger partial charge in [0.25, 0.3) is 0 Å². The molecule has 0 bridgehead atoms. The largest absolute Gasteiger partial charge is 0.394 e. The molecular weight excluding hydrogens is 232 g/mol. The average molecular weight is 254 g/mol. The lowest BCUT2D eigenvalue weighted by atomic mass is 10.2. The number of aliphatic hydroxyl groups excluding tert-OH is 1. The molecule has 2 unspecified atom stereocenters. The molecule has 102 valence electrons. The molecule has 0 spiro atoms. The zero-order valence-electron chi connectivity index (χ0n) is 11.3. The van der Waals surface area contributed by atoms with Gasteiger partial charge in [0, 0.05) is 13.1 Å². The van der Waals surface area contributed by atoms with Crippen LogP contribution in [0.4, 0.5) is 11.5 Å². The van der Waals surface area contributed by atoms with Crippen LogP contribution in [0.1, 0.15) is 19.5 Å². The lowest BCUT2D eigenvalue weighted by Crippen LogP contribution is -2.50. The van der Waals surface area contributed by atoms with E-state index in [4.69, 9.17) is 10.5 Å². The quantitative estimate of drug-likeness (QED) is 0.815. The van der Waals surface area contributed by atoms with Crippen LogP contribution in [-0.4, -0.2) is 46.8 Å². The van der Waals surface area contributed by atoms with Gasteiger partial charge in [-0.15, -0.1) is 0 Å². The highest BCUT2D eigenvalue weighted by Gasteiger charge is 2.30. The van der Waals surface area contributed by atoms with E-state index in [1.165, 1.54) is 0 Å². The van der Waals surface area contributed by atoms with Crippen molar-refractivity contribution in [2.75, 3.05) is 30.4 Å². The second-order valence-corrected chi connectivity index (χ2v) is 4.78. The number of nitrogens with two attached hydrogens (primary N) is 1. The Morgan fingerprint density at radius 2 is 2.28 bits per heavy atom. The van der Waals surface area contributed by atoms with Crippen LogP contribution in [0.3, 0.4) is 0 Å². The fourth-order valence-electron chi connectivity index (χ4n) is 2.33. The van der Waals surface area contributed by atoms with Gasteiger partial charge < -0.3 is 20.5 Å². The molecule has 0 aromatic carbocycles. The van der Waals surface area contributed by atoms with E-state index in [1.807, 2.05) is 18.5 Å². The van der Waals surface area contributed by atoms with E-state index >= 15 is 0 Å². The van der Waals surface area contributed by atoms with Gasteiger partial charge in [-0.3, -0.25) is 0 Å². The molecule has 0 amide bonds. The van der Waals surface area contributed by atoms with Crippen molar-refractivity contribution in [1.29, 1.82) is 0 Å². The lowest BCUT2D eigenvalue weighted by molar-refractivity contribution is -0.0107. The third kappa shape index (κ3) is 2.18. The Balaban J connectivity index is 2.33. The topological polar surface area (TPSA) is 76.5 Å². The van der Waals surface area contributed by atoms with Gasteiger partial charge in [0.1, 0.15) is 0 Å². The van der Waals surface area contributed by atoms with E-state index in [0.29, 0.717) is 13.2 Å². The number of anilines is 2. The summed E-state index contributed by atoms with van der Waals surface area (Å²) < 4.78 is 7.47. The molecule has 18 heavy (non-hydrogen) atoms. The highest BCUT2D eigenvalue weighted by molar-refractivity contribution is 5.66. The van der Waals surface area contributed by atoms with Gasteiger partial charge >= 0.3 is 0 Å². The molecular formula is C12H22N4O2. The van der Waals surface area contributed by atoms with Gasteiger partial charge in [0.15, 0.2) is 5.82 Å². The molecule has 6 heteroatoms. The Bertz CT molecular complexity index is 418. The van der Waals surface area contributed by atoms with E-state index in [0.717, 1.165) is 23.7 Å². The van der Waals surface area contributed by atoms with Crippen LogP contribution in [0.5, 0.6) is 0 Å². The van der Waals surface area contributed by atoms with Crippen molar-refractivity contribution in [3.63, 3.8) is 0 Å². The van der Waals surface area contributed by atoms with E-state index in [-0.39, 0.29) is 18.8 Å². The minimum absolute atomic E-state index is 0.0301. The summed E-state index contributed by atoms with van der Waals surface area (Å²) in [4.78, 5) is 2.18. The summed E-state index contributed by atoms with van der Waals surface area (Å²) in [5.41, 5.74) is 7.71. The van der Waals surface area contributed by atoms with Gasteiger partial charge in [0.05, 0.1) is 36.7 Å². The minimum Gasteiger partial charge on any atom is -0.394 e. The minimum atomic E-state index is -0.152. The van der Waals surface area contributed by atoms with Gasteiger partial charge in [-0.25, -0.2) is 4.68 Å². The number of hydrogen-bond acceptors (Lipinski definition) is 5. The molecule has 1 aliphatic rings. The average Bonchev–Trinajstić information content (AvgIpc) is 2.66. The summed E-state index contributed by atoms with van der Waals surface area (Å²) in [6.45, 7) is 8.11. The first kappa shape index (κ1) is 13.2. The molecule has 2 atom stereocenters. The molecule has 1 aromatic heterocycles. The van der Waals surface area contributed by atoms with Gasteiger partial charge in [-0.05, 0) is 20.8 Å². The summed E-state index contributed by atoms with van der Waals surface area (Å²) in [5.74, 6) is 0.948. The number of nitrogens with zero attached hydrogens (tertiary/aromatic N) is 3. The second-order valence-electron chi connectivity index (χ2n) is 4.78. The van der Waals surface area contributed by atoms with Crippen molar-refractivity contribution < 1.29 is 9.84 Å². The highest BCUT2D eigenvalue weighted by Crippen LogP contribution is 2.30. The summed E-state index contributed by atoms with van der Waals surface area (Å²) in [5, 5.41) is 13.7. The number of rotatable bonds is 3. The number of morpholine rings is 1. The van der Waals surface area contributed by atoms with Crippen molar-refractivity contribution in [3.05, 3.63) is 5.69 Å². The van der Waals surface area contributed by atoms with Crippen LogP contribution in [0.25, 0.3) is 0 Å². The van der Waals surface area contributed by atoms with E-state index < -0.39 is 0 Å². The fourth-order valence-corrected chi connectivity index (χ4v) is 2.33.